The number of aliphatic hydroxyl groups is 1. The second-order valence-corrected chi connectivity index (χ2v) is 11.5. The van der Waals surface area contributed by atoms with E-state index in [0.717, 1.165) is 36.2 Å². The summed E-state index contributed by atoms with van der Waals surface area (Å²) in [6, 6.07) is 6.47. The van der Waals surface area contributed by atoms with E-state index in [0.29, 0.717) is 12.9 Å². The lowest BCUT2D eigenvalue weighted by Gasteiger charge is -2.26. The Morgan fingerprint density at radius 2 is 1.72 bits per heavy atom. The first-order valence-electron chi connectivity index (χ1n) is 10.2. The molecule has 0 radical (unpaired) electrons. The molecule has 0 amide bonds. The fourth-order valence-corrected chi connectivity index (χ4v) is 3.53. The van der Waals surface area contributed by atoms with E-state index < -0.39 is 9.84 Å². The van der Waals surface area contributed by atoms with Crippen molar-refractivity contribution in [3.63, 3.8) is 0 Å². The Morgan fingerprint density at radius 3 is 2.03 bits per heavy atom. The van der Waals surface area contributed by atoms with Crippen molar-refractivity contribution in [2.45, 2.75) is 58.3 Å². The topological polar surface area (TPSA) is 80.7 Å². The number of hydrogen-bond donors (Lipinski definition) is 1. The minimum atomic E-state index is -3.28. The van der Waals surface area contributed by atoms with Gasteiger partial charge >= 0.3 is 0 Å². The number of carbonyl (C=O) groups is 1. The lowest BCUT2D eigenvalue weighted by molar-refractivity contribution is -0.108. The van der Waals surface area contributed by atoms with Crippen molar-refractivity contribution < 1.29 is 23.1 Å². The maximum Gasteiger partial charge on any atom is 0.185 e. The first kappa shape index (κ1) is 23.6. The van der Waals surface area contributed by atoms with Crippen molar-refractivity contribution in [1.82, 2.24) is 0 Å². The van der Waals surface area contributed by atoms with E-state index in [2.05, 4.69) is 6.92 Å². The third kappa shape index (κ3) is 6.96. The Hall–Kier alpha value is -1.66. The number of ether oxygens (including phenoxy) is 1. The van der Waals surface area contributed by atoms with Crippen LogP contribution >= 0.6 is 0 Å². The van der Waals surface area contributed by atoms with E-state index in [-0.39, 0.29) is 28.1 Å². The van der Waals surface area contributed by atoms with E-state index in [1.807, 2.05) is 20.8 Å². The molecule has 2 fully saturated rings. The molecule has 0 heterocycles. The van der Waals surface area contributed by atoms with E-state index in [1.54, 1.807) is 12.1 Å². The molecule has 0 aromatic heterocycles. The summed E-state index contributed by atoms with van der Waals surface area (Å²) >= 11 is 0. The third-order valence-corrected chi connectivity index (χ3v) is 6.50. The fraction of sp³-hybridized carbons (Fsp3) is 0.609. The number of carbonyl (C=O) groups excluding carboxylic acids is 1. The Balaban J connectivity index is 0.000000666. The maximum absolute atomic E-state index is 11.7. The highest BCUT2D eigenvalue weighted by Gasteiger charge is 2.43. The van der Waals surface area contributed by atoms with Crippen LogP contribution < -0.4 is 0 Å². The molecule has 2 saturated carbocycles. The van der Waals surface area contributed by atoms with Crippen molar-refractivity contribution in [3.8, 4) is 0 Å². The molecule has 6 heteroatoms. The van der Waals surface area contributed by atoms with Gasteiger partial charge in [-0.2, -0.15) is 0 Å². The fourth-order valence-electron chi connectivity index (χ4n) is 2.90. The van der Waals surface area contributed by atoms with Gasteiger partial charge in [-0.1, -0.05) is 52.7 Å². The SMILES string of the molecule is CC(C)(C)/C(=C(\C=O)OCC1(CO)CC1)c1ccc(S(C)(=O)=O)cc1.CC1CC1. The van der Waals surface area contributed by atoms with Crippen LogP contribution in [0.4, 0.5) is 0 Å². The zero-order valence-electron chi connectivity index (χ0n) is 18.2. The van der Waals surface area contributed by atoms with Crippen LogP contribution in [-0.2, 0) is 19.4 Å². The summed E-state index contributed by atoms with van der Waals surface area (Å²) in [7, 11) is -3.28. The van der Waals surface area contributed by atoms with Gasteiger partial charge in [0.25, 0.3) is 0 Å². The van der Waals surface area contributed by atoms with Gasteiger partial charge in [0.15, 0.2) is 21.9 Å². The number of sulfone groups is 1. The normalized spacial score (nSPS) is 18.8. The smallest absolute Gasteiger partial charge is 0.185 e. The second kappa shape index (κ2) is 9.00. The van der Waals surface area contributed by atoms with Crippen molar-refractivity contribution in [1.29, 1.82) is 0 Å². The molecular formula is C23H34O5S. The van der Waals surface area contributed by atoms with Crippen molar-refractivity contribution in [2.24, 2.45) is 16.7 Å². The summed E-state index contributed by atoms with van der Waals surface area (Å²) in [4.78, 5) is 11.9. The molecule has 0 saturated heterocycles. The van der Waals surface area contributed by atoms with E-state index >= 15 is 0 Å². The molecule has 29 heavy (non-hydrogen) atoms. The predicted molar refractivity (Wildman–Crippen MR) is 115 cm³/mol. The monoisotopic (exact) mass is 422 g/mol. The zero-order valence-corrected chi connectivity index (χ0v) is 19.0. The highest BCUT2D eigenvalue weighted by Crippen LogP contribution is 2.46. The number of aldehydes is 1. The summed E-state index contributed by atoms with van der Waals surface area (Å²) in [5.41, 5.74) is 0.864. The first-order chi connectivity index (χ1) is 13.4. The lowest BCUT2D eigenvalue weighted by Crippen LogP contribution is -2.18. The zero-order chi connectivity index (χ0) is 21.9. The molecule has 1 N–H and O–H groups in total. The Kier molecular flexibility index (Phi) is 7.33. The van der Waals surface area contributed by atoms with Gasteiger partial charge < -0.3 is 9.84 Å². The first-order valence-corrected chi connectivity index (χ1v) is 12.0. The van der Waals surface area contributed by atoms with Crippen LogP contribution in [0.2, 0.25) is 0 Å². The van der Waals surface area contributed by atoms with E-state index in [4.69, 9.17) is 4.74 Å². The van der Waals surface area contributed by atoms with Crippen LogP contribution in [0, 0.1) is 16.7 Å². The molecule has 2 aliphatic carbocycles. The molecule has 0 unspecified atom stereocenters. The standard InChI is InChI=1S/C19H26O5S.C4H8/c1-18(2,3)17(14-5-7-15(8-6-14)25(4,22)23)16(11-20)24-13-19(12-21)9-10-19;1-4-2-3-4/h5-8,11,21H,9-10,12-13H2,1-4H3;4H,2-3H2,1H3/b17-16+;. The van der Waals surface area contributed by atoms with Crippen LogP contribution in [0.15, 0.2) is 34.9 Å². The van der Waals surface area contributed by atoms with Gasteiger partial charge in [-0.25, -0.2) is 8.42 Å². The molecule has 0 aliphatic heterocycles. The Morgan fingerprint density at radius 1 is 1.21 bits per heavy atom. The van der Waals surface area contributed by atoms with Crippen LogP contribution in [0.3, 0.4) is 0 Å². The quantitative estimate of drug-likeness (QED) is 0.404. The van der Waals surface area contributed by atoms with Gasteiger partial charge in [0.1, 0.15) is 0 Å². The van der Waals surface area contributed by atoms with Gasteiger partial charge in [-0.3, -0.25) is 4.79 Å². The summed E-state index contributed by atoms with van der Waals surface area (Å²) in [6.07, 6.45) is 6.61. The molecular weight excluding hydrogens is 388 g/mol. The average molecular weight is 423 g/mol. The number of benzene rings is 1. The Bertz CT molecular complexity index is 836. The van der Waals surface area contributed by atoms with Gasteiger partial charge in [-0.05, 0) is 41.9 Å². The minimum Gasteiger partial charge on any atom is -0.489 e. The number of hydrogen-bond acceptors (Lipinski definition) is 5. The average Bonchev–Trinajstić information content (AvgIpc) is 3.56. The Labute approximate surface area is 175 Å². The molecule has 0 bridgehead atoms. The van der Waals surface area contributed by atoms with Crippen molar-refractivity contribution in [2.75, 3.05) is 19.5 Å². The summed E-state index contributed by atoms with van der Waals surface area (Å²) in [6.45, 7) is 8.54. The van der Waals surface area contributed by atoms with Gasteiger partial charge in [-0.15, -0.1) is 0 Å². The molecule has 0 atom stereocenters. The van der Waals surface area contributed by atoms with Gasteiger partial charge in [0.2, 0.25) is 0 Å². The highest BCUT2D eigenvalue weighted by molar-refractivity contribution is 7.90. The van der Waals surface area contributed by atoms with Crippen LogP contribution in [-0.4, -0.2) is 39.3 Å². The van der Waals surface area contributed by atoms with E-state index in [9.17, 15) is 18.3 Å². The third-order valence-electron chi connectivity index (χ3n) is 5.37. The number of aliphatic hydroxyl groups excluding tert-OH is 1. The molecule has 1 aromatic carbocycles. The molecule has 3 rings (SSSR count). The maximum atomic E-state index is 11.7. The molecule has 162 valence electrons. The summed E-state index contributed by atoms with van der Waals surface area (Å²) in [5.74, 6) is 1.32. The molecule has 1 aromatic rings. The lowest BCUT2D eigenvalue weighted by atomic mass is 9.81. The number of rotatable bonds is 7. The van der Waals surface area contributed by atoms with Gasteiger partial charge in [0, 0.05) is 17.2 Å². The summed E-state index contributed by atoms with van der Waals surface area (Å²) < 4.78 is 29.1. The number of allylic oxidation sites excluding steroid dienone is 2. The molecule has 2 aliphatic rings. The minimum absolute atomic E-state index is 0.0487. The summed E-state index contributed by atoms with van der Waals surface area (Å²) in [5, 5.41) is 9.42. The van der Waals surface area contributed by atoms with Crippen LogP contribution in [0.5, 0.6) is 0 Å². The molecule has 0 spiro atoms. The van der Waals surface area contributed by atoms with Crippen LogP contribution in [0.1, 0.15) is 58.9 Å². The van der Waals surface area contributed by atoms with Crippen LogP contribution in [0.25, 0.3) is 5.57 Å². The largest absolute Gasteiger partial charge is 0.489 e. The van der Waals surface area contributed by atoms with Gasteiger partial charge in [0.05, 0.1) is 18.1 Å². The second-order valence-electron chi connectivity index (χ2n) is 9.53. The van der Waals surface area contributed by atoms with Crippen molar-refractivity contribution >= 4 is 21.7 Å². The highest BCUT2D eigenvalue weighted by atomic mass is 32.2. The van der Waals surface area contributed by atoms with Crippen molar-refractivity contribution in [3.05, 3.63) is 35.6 Å². The van der Waals surface area contributed by atoms with E-state index in [1.165, 1.54) is 25.0 Å². The predicted octanol–water partition coefficient (Wildman–Crippen LogP) is 4.25. The molecule has 5 nitrogen and oxygen atoms in total.